The van der Waals surface area contributed by atoms with Crippen LogP contribution in [0.2, 0.25) is 0 Å². The molecule has 16 heteroatoms. The average molecular weight is 395 g/mol. The van der Waals surface area contributed by atoms with Gasteiger partial charge in [-0.25, -0.2) is 10.1 Å². The summed E-state index contributed by atoms with van der Waals surface area (Å²) in [5.41, 5.74) is 3.83. The van der Waals surface area contributed by atoms with Gasteiger partial charge in [-0.05, 0) is 0 Å². The molecule has 0 bridgehead atoms. The van der Waals surface area contributed by atoms with Gasteiger partial charge >= 0.3 is 10.3 Å². The van der Waals surface area contributed by atoms with Gasteiger partial charge in [0, 0.05) is 12.8 Å². The Morgan fingerprint density at radius 2 is 2.08 bits per heavy atom. The van der Waals surface area contributed by atoms with E-state index in [1.807, 2.05) is 0 Å². The van der Waals surface area contributed by atoms with Gasteiger partial charge in [0.05, 0.1) is 18.1 Å². The number of hydrogen-bond acceptors (Lipinski definition) is 11. The van der Waals surface area contributed by atoms with Gasteiger partial charge in [0.15, 0.2) is 5.54 Å². The number of hydroxylamine groups is 2. The molecule has 1 saturated heterocycles. The van der Waals surface area contributed by atoms with Gasteiger partial charge in [0.25, 0.3) is 0 Å². The van der Waals surface area contributed by atoms with Crippen LogP contribution in [0.15, 0.2) is 10.1 Å². The van der Waals surface area contributed by atoms with E-state index in [1.165, 1.54) is 0 Å². The predicted octanol–water partition coefficient (Wildman–Crippen LogP) is -4.73. The lowest BCUT2D eigenvalue weighted by Gasteiger charge is -2.52. The minimum atomic E-state index is -5.04. The quantitative estimate of drug-likeness (QED) is 0.161. The number of hydrogen-bond donors (Lipinski definition) is 9. The third-order valence-corrected chi connectivity index (χ3v) is 5.08. The van der Waals surface area contributed by atoms with Crippen LogP contribution in [0.3, 0.4) is 0 Å². The van der Waals surface area contributed by atoms with Gasteiger partial charge in [-0.2, -0.15) is 13.5 Å². The molecular formula is C10H17N7O8S. The Morgan fingerprint density at radius 3 is 2.65 bits per heavy atom. The standard InChI is InChI=1S/C10H17N7O8S/c11-5-2-8-6(14-5)4(1-10(20,21)15-26(23,24)25)16(22)7(12)17(8)13-3-9(8,18)19/h3-4,6,12,15,18-22H,1-2H2,(H2,11,14)(H,23,24,25). The number of nitrogens with zero attached hydrogens (tertiary/aromatic N) is 4. The zero-order valence-electron chi connectivity index (χ0n) is 12.9. The molecule has 0 saturated carbocycles. The minimum absolute atomic E-state index is 0.0877. The highest BCUT2D eigenvalue weighted by Gasteiger charge is 2.71. The van der Waals surface area contributed by atoms with Gasteiger partial charge < -0.3 is 26.2 Å². The first-order valence-corrected chi connectivity index (χ1v) is 8.54. The van der Waals surface area contributed by atoms with E-state index in [0.717, 1.165) is 9.73 Å². The Hall–Kier alpha value is -1.92. The van der Waals surface area contributed by atoms with Crippen LogP contribution >= 0.6 is 0 Å². The third kappa shape index (κ3) is 2.63. The molecule has 146 valence electrons. The summed E-state index contributed by atoms with van der Waals surface area (Å²) in [6.07, 6.45) is -0.605. The number of nitrogens with one attached hydrogen (secondary N) is 2. The average Bonchev–Trinajstić information content (AvgIpc) is 2.91. The molecule has 15 nitrogen and oxygen atoms in total. The van der Waals surface area contributed by atoms with Crippen molar-refractivity contribution in [1.29, 1.82) is 5.41 Å². The molecule has 0 radical (unpaired) electrons. The van der Waals surface area contributed by atoms with Crippen molar-refractivity contribution in [3.05, 3.63) is 0 Å². The first-order chi connectivity index (χ1) is 11.7. The van der Waals surface area contributed by atoms with Gasteiger partial charge in [-0.15, -0.1) is 4.72 Å². The summed E-state index contributed by atoms with van der Waals surface area (Å²) in [6.45, 7) is 0. The zero-order chi connectivity index (χ0) is 19.7. The van der Waals surface area contributed by atoms with Crippen LogP contribution in [-0.4, -0.2) is 96.0 Å². The van der Waals surface area contributed by atoms with Crippen molar-refractivity contribution >= 4 is 28.3 Å². The van der Waals surface area contributed by atoms with Gasteiger partial charge in [0.2, 0.25) is 17.7 Å². The molecule has 10 N–H and O–H groups in total. The van der Waals surface area contributed by atoms with E-state index < -0.39 is 52.0 Å². The molecule has 0 aromatic carbocycles. The Morgan fingerprint density at radius 1 is 1.46 bits per heavy atom. The molecule has 1 spiro atoms. The SMILES string of the molecule is N=C1N(O)C(CC(O)(O)NS(=O)(=O)O)C2N=C(N)CC23N1N=CC3(O)O. The van der Waals surface area contributed by atoms with E-state index in [0.29, 0.717) is 6.21 Å². The van der Waals surface area contributed by atoms with Gasteiger partial charge in [-0.1, -0.05) is 0 Å². The van der Waals surface area contributed by atoms with Crippen LogP contribution in [0.5, 0.6) is 0 Å². The van der Waals surface area contributed by atoms with Crippen molar-refractivity contribution in [2.24, 2.45) is 15.8 Å². The number of guanidine groups is 1. The van der Waals surface area contributed by atoms with E-state index in [1.54, 1.807) is 0 Å². The number of aliphatic imine (C=N–C) groups is 1. The molecule has 26 heavy (non-hydrogen) atoms. The highest BCUT2D eigenvalue weighted by atomic mass is 32.2. The molecule has 3 heterocycles. The fourth-order valence-electron chi connectivity index (χ4n) is 3.54. The Kier molecular flexibility index (Phi) is 3.84. The van der Waals surface area contributed by atoms with Crippen molar-refractivity contribution in [1.82, 2.24) is 14.8 Å². The Bertz CT molecular complexity index is 810. The lowest BCUT2D eigenvalue weighted by molar-refractivity contribution is -0.234. The summed E-state index contributed by atoms with van der Waals surface area (Å²) in [4.78, 5) is 3.98. The lowest BCUT2D eigenvalue weighted by Crippen LogP contribution is -2.76. The third-order valence-electron chi connectivity index (χ3n) is 4.50. The molecule has 0 aliphatic carbocycles. The monoisotopic (exact) mass is 395 g/mol. The van der Waals surface area contributed by atoms with E-state index in [2.05, 4.69) is 10.1 Å². The van der Waals surface area contributed by atoms with Crippen molar-refractivity contribution < 1.29 is 38.6 Å². The van der Waals surface area contributed by atoms with E-state index >= 15 is 0 Å². The van der Waals surface area contributed by atoms with Crippen LogP contribution in [0.4, 0.5) is 0 Å². The number of hydrazone groups is 1. The normalized spacial score (nSPS) is 33.3. The molecule has 0 amide bonds. The largest absolute Gasteiger partial charge is 0.387 e. The van der Waals surface area contributed by atoms with Gasteiger partial charge in [-0.3, -0.25) is 20.2 Å². The summed E-state index contributed by atoms with van der Waals surface area (Å²) in [6, 6.07) is -2.91. The fourth-order valence-corrected chi connectivity index (χ4v) is 4.04. The summed E-state index contributed by atoms with van der Waals surface area (Å²) in [5.74, 6) is -6.75. The molecule has 3 aliphatic rings. The predicted molar refractivity (Wildman–Crippen MR) is 81.9 cm³/mol. The second-order valence-electron chi connectivity index (χ2n) is 6.28. The van der Waals surface area contributed by atoms with Crippen LogP contribution < -0.4 is 10.5 Å². The molecule has 3 aliphatic heterocycles. The van der Waals surface area contributed by atoms with E-state index in [4.69, 9.17) is 15.7 Å². The maximum atomic E-state index is 10.8. The molecule has 3 atom stereocenters. The molecule has 1 fully saturated rings. The van der Waals surface area contributed by atoms with E-state index in [9.17, 15) is 34.1 Å². The highest BCUT2D eigenvalue weighted by Crippen LogP contribution is 2.48. The van der Waals surface area contributed by atoms with Crippen LogP contribution in [0, 0.1) is 5.41 Å². The number of aliphatic hydroxyl groups is 4. The van der Waals surface area contributed by atoms with Crippen molar-refractivity contribution in [2.75, 3.05) is 0 Å². The smallest absolute Gasteiger partial charge is 0.337 e. The fraction of sp³-hybridized carbons (Fsp3) is 0.700. The summed E-state index contributed by atoms with van der Waals surface area (Å²) >= 11 is 0. The molecule has 3 rings (SSSR count). The zero-order valence-corrected chi connectivity index (χ0v) is 13.7. The second kappa shape index (κ2) is 5.30. The van der Waals surface area contributed by atoms with Crippen LogP contribution in [0.1, 0.15) is 12.8 Å². The molecular weight excluding hydrogens is 378 g/mol. The number of amidine groups is 1. The molecule has 0 aromatic heterocycles. The minimum Gasteiger partial charge on any atom is -0.387 e. The number of nitrogens with two attached hydrogens (primary N) is 1. The van der Waals surface area contributed by atoms with Crippen molar-refractivity contribution in [3.63, 3.8) is 0 Å². The maximum absolute atomic E-state index is 10.8. The first kappa shape index (κ1) is 18.9. The van der Waals surface area contributed by atoms with Crippen LogP contribution in [0.25, 0.3) is 0 Å². The summed E-state index contributed by atoms with van der Waals surface area (Å²) < 4.78 is 31.6. The van der Waals surface area contributed by atoms with E-state index in [-0.39, 0.29) is 17.3 Å². The van der Waals surface area contributed by atoms with Gasteiger partial charge in [0.1, 0.15) is 6.04 Å². The second-order valence-corrected chi connectivity index (χ2v) is 7.44. The molecule has 3 unspecified atom stereocenters. The first-order valence-electron chi connectivity index (χ1n) is 7.10. The summed E-state index contributed by atoms with van der Waals surface area (Å²) in [7, 11) is -5.04. The van der Waals surface area contributed by atoms with Crippen molar-refractivity contribution in [3.8, 4) is 0 Å². The maximum Gasteiger partial charge on any atom is 0.337 e. The van der Waals surface area contributed by atoms with Crippen molar-refractivity contribution in [2.45, 2.75) is 42.2 Å². The summed E-state index contributed by atoms with van der Waals surface area (Å²) in [5, 5.41) is 63.1. The lowest BCUT2D eigenvalue weighted by atomic mass is 9.75. The highest BCUT2D eigenvalue weighted by molar-refractivity contribution is 7.83. The molecule has 0 aromatic rings. The van der Waals surface area contributed by atoms with Crippen LogP contribution in [-0.2, 0) is 10.3 Å². The Balaban J connectivity index is 2.02. The topological polar surface area (TPSA) is 249 Å². The number of rotatable bonds is 4. The Labute approximate surface area is 146 Å².